The van der Waals surface area contributed by atoms with E-state index in [1.165, 1.54) is 6.20 Å². The Morgan fingerprint density at radius 3 is 2.75 bits per heavy atom. The van der Waals surface area contributed by atoms with Crippen molar-refractivity contribution in [1.29, 1.82) is 5.26 Å². The van der Waals surface area contributed by atoms with Gasteiger partial charge in [-0.3, -0.25) is 5.10 Å². The molecule has 0 radical (unpaired) electrons. The first kappa shape index (κ1) is 10.2. The highest BCUT2D eigenvalue weighted by Crippen LogP contribution is 2.23. The summed E-state index contributed by atoms with van der Waals surface area (Å²) in [4.78, 5) is 0. The number of aromatic nitrogens is 2. The van der Waals surface area contributed by atoms with Crippen molar-refractivity contribution >= 4 is 0 Å². The molecule has 4 heteroatoms. The molecule has 0 bridgehead atoms. The summed E-state index contributed by atoms with van der Waals surface area (Å²) >= 11 is 0. The van der Waals surface area contributed by atoms with E-state index >= 15 is 0 Å². The number of hydrogen-bond donors (Lipinski definition) is 1. The average molecular weight is 213 g/mol. The van der Waals surface area contributed by atoms with Gasteiger partial charge in [0, 0.05) is 5.56 Å². The fourth-order valence-electron chi connectivity index (χ4n) is 1.48. The number of ether oxygens (including phenoxy) is 1. The Morgan fingerprint density at radius 1 is 1.38 bits per heavy atom. The van der Waals surface area contributed by atoms with Crippen LogP contribution in [0.5, 0.6) is 5.75 Å². The molecular formula is C12H11N3O. The van der Waals surface area contributed by atoms with Crippen LogP contribution in [-0.2, 0) is 0 Å². The van der Waals surface area contributed by atoms with Gasteiger partial charge in [0.05, 0.1) is 24.1 Å². The lowest BCUT2D eigenvalue weighted by Gasteiger charge is -2.03. The lowest BCUT2D eigenvalue weighted by atomic mass is 10.1. The zero-order valence-corrected chi connectivity index (χ0v) is 8.90. The van der Waals surface area contributed by atoms with Crippen molar-refractivity contribution in [2.24, 2.45) is 0 Å². The predicted molar refractivity (Wildman–Crippen MR) is 59.9 cm³/mol. The first-order valence-corrected chi connectivity index (χ1v) is 5.02. The largest absolute Gasteiger partial charge is 0.494 e. The summed E-state index contributed by atoms with van der Waals surface area (Å²) in [7, 11) is 0. The van der Waals surface area contributed by atoms with Gasteiger partial charge in [0.25, 0.3) is 0 Å². The van der Waals surface area contributed by atoms with Crippen molar-refractivity contribution < 1.29 is 4.74 Å². The zero-order valence-electron chi connectivity index (χ0n) is 8.90. The molecule has 0 fully saturated rings. The number of nitrogens with zero attached hydrogens (tertiary/aromatic N) is 2. The number of H-pyrrole nitrogens is 1. The van der Waals surface area contributed by atoms with Gasteiger partial charge in [0.1, 0.15) is 11.8 Å². The van der Waals surface area contributed by atoms with Crippen molar-refractivity contribution in [1.82, 2.24) is 10.2 Å². The molecule has 2 rings (SSSR count). The maximum Gasteiger partial charge on any atom is 0.119 e. The molecule has 1 aromatic heterocycles. The monoisotopic (exact) mass is 213 g/mol. The summed E-state index contributed by atoms with van der Waals surface area (Å²) in [5, 5.41) is 15.5. The van der Waals surface area contributed by atoms with Crippen molar-refractivity contribution in [3.63, 3.8) is 0 Å². The van der Waals surface area contributed by atoms with Crippen LogP contribution in [0.2, 0.25) is 0 Å². The first-order valence-electron chi connectivity index (χ1n) is 5.02. The van der Waals surface area contributed by atoms with Gasteiger partial charge in [0.2, 0.25) is 0 Å². The van der Waals surface area contributed by atoms with Crippen molar-refractivity contribution in [2.75, 3.05) is 6.61 Å². The number of nitriles is 1. The normalized spacial score (nSPS) is 9.75. The van der Waals surface area contributed by atoms with E-state index in [2.05, 4.69) is 16.3 Å². The Kier molecular flexibility index (Phi) is 2.88. The molecule has 2 aromatic rings. The molecular weight excluding hydrogens is 202 g/mol. The van der Waals surface area contributed by atoms with E-state index in [4.69, 9.17) is 10.00 Å². The second-order valence-corrected chi connectivity index (χ2v) is 3.23. The van der Waals surface area contributed by atoms with Crippen LogP contribution in [0.4, 0.5) is 0 Å². The average Bonchev–Trinajstić information content (AvgIpc) is 2.78. The zero-order chi connectivity index (χ0) is 11.4. The van der Waals surface area contributed by atoms with Crippen LogP contribution in [0.3, 0.4) is 0 Å². The topological polar surface area (TPSA) is 61.7 Å². The summed E-state index contributed by atoms with van der Waals surface area (Å²) in [5.41, 5.74) is 2.22. The molecule has 0 amide bonds. The van der Waals surface area contributed by atoms with E-state index < -0.39 is 0 Å². The summed E-state index contributed by atoms with van der Waals surface area (Å²) in [6, 6.07) is 9.64. The highest BCUT2D eigenvalue weighted by atomic mass is 16.5. The molecule has 0 aliphatic rings. The number of nitrogens with one attached hydrogen (secondary N) is 1. The minimum atomic E-state index is 0.546. The van der Waals surface area contributed by atoms with Crippen molar-refractivity contribution in [2.45, 2.75) is 6.92 Å². The van der Waals surface area contributed by atoms with E-state index in [9.17, 15) is 0 Å². The molecule has 1 aromatic carbocycles. The van der Waals surface area contributed by atoms with Crippen LogP contribution in [0, 0.1) is 11.3 Å². The molecule has 0 spiro atoms. The van der Waals surface area contributed by atoms with E-state index in [-0.39, 0.29) is 0 Å². The second kappa shape index (κ2) is 4.49. The first-order chi connectivity index (χ1) is 7.85. The van der Waals surface area contributed by atoms with Crippen LogP contribution in [0.15, 0.2) is 30.5 Å². The van der Waals surface area contributed by atoms with Crippen LogP contribution < -0.4 is 4.74 Å². The van der Waals surface area contributed by atoms with Crippen molar-refractivity contribution in [3.05, 3.63) is 36.0 Å². The minimum Gasteiger partial charge on any atom is -0.494 e. The van der Waals surface area contributed by atoms with Gasteiger partial charge < -0.3 is 4.74 Å². The number of aromatic amines is 1. The van der Waals surface area contributed by atoms with Crippen LogP contribution in [-0.4, -0.2) is 16.8 Å². The van der Waals surface area contributed by atoms with E-state index in [0.29, 0.717) is 12.2 Å². The molecule has 1 heterocycles. The third-order valence-electron chi connectivity index (χ3n) is 2.21. The third-order valence-corrected chi connectivity index (χ3v) is 2.21. The molecule has 0 atom stereocenters. The molecule has 16 heavy (non-hydrogen) atoms. The molecule has 0 saturated heterocycles. The van der Waals surface area contributed by atoms with E-state index in [1.54, 1.807) is 0 Å². The van der Waals surface area contributed by atoms with Gasteiger partial charge in [-0.15, -0.1) is 0 Å². The second-order valence-electron chi connectivity index (χ2n) is 3.23. The van der Waals surface area contributed by atoms with E-state index in [1.807, 2.05) is 31.2 Å². The quantitative estimate of drug-likeness (QED) is 0.851. The third kappa shape index (κ3) is 1.89. The number of hydrogen-bond acceptors (Lipinski definition) is 3. The van der Waals surface area contributed by atoms with Gasteiger partial charge in [-0.2, -0.15) is 10.4 Å². The Morgan fingerprint density at radius 2 is 2.12 bits per heavy atom. The molecule has 1 N–H and O–H groups in total. The fraction of sp³-hybridized carbons (Fsp3) is 0.167. The maximum absolute atomic E-state index is 8.87. The fourth-order valence-corrected chi connectivity index (χ4v) is 1.48. The number of rotatable bonds is 3. The van der Waals surface area contributed by atoms with Crippen LogP contribution in [0.25, 0.3) is 11.3 Å². The lowest BCUT2D eigenvalue weighted by Crippen LogP contribution is -1.90. The molecule has 0 aliphatic carbocycles. The Balaban J connectivity index is 2.32. The van der Waals surface area contributed by atoms with Crippen LogP contribution in [0.1, 0.15) is 12.5 Å². The summed E-state index contributed by atoms with van der Waals surface area (Å²) in [6.07, 6.45) is 1.52. The summed E-state index contributed by atoms with van der Waals surface area (Å²) in [6.45, 7) is 2.59. The van der Waals surface area contributed by atoms with Crippen molar-refractivity contribution in [3.8, 4) is 23.1 Å². The molecule has 0 aliphatic heterocycles. The van der Waals surface area contributed by atoms with Gasteiger partial charge in [-0.05, 0) is 31.2 Å². The molecule has 0 saturated carbocycles. The Hall–Kier alpha value is -2.28. The smallest absolute Gasteiger partial charge is 0.119 e. The molecule has 0 unspecified atom stereocenters. The van der Waals surface area contributed by atoms with Gasteiger partial charge >= 0.3 is 0 Å². The minimum absolute atomic E-state index is 0.546. The lowest BCUT2D eigenvalue weighted by molar-refractivity contribution is 0.340. The molecule has 4 nitrogen and oxygen atoms in total. The van der Waals surface area contributed by atoms with Crippen LogP contribution >= 0.6 is 0 Å². The van der Waals surface area contributed by atoms with Gasteiger partial charge in [-0.1, -0.05) is 0 Å². The molecule has 80 valence electrons. The highest BCUT2D eigenvalue weighted by Gasteiger charge is 2.06. The standard InChI is InChI=1S/C12H11N3O/c1-2-16-11-5-3-9(4-6-11)12-10(7-13)8-14-15-12/h3-6,8H,2H2,1H3,(H,14,15). The maximum atomic E-state index is 8.87. The summed E-state index contributed by atoms with van der Waals surface area (Å²) < 4.78 is 5.34. The SMILES string of the molecule is CCOc1ccc(-c2[nH]ncc2C#N)cc1. The van der Waals surface area contributed by atoms with Gasteiger partial charge in [0.15, 0.2) is 0 Å². The Labute approximate surface area is 93.5 Å². The Bertz CT molecular complexity index is 508. The van der Waals surface area contributed by atoms with E-state index in [0.717, 1.165) is 17.0 Å². The summed E-state index contributed by atoms with van der Waals surface area (Å²) in [5.74, 6) is 0.823. The predicted octanol–water partition coefficient (Wildman–Crippen LogP) is 2.35. The van der Waals surface area contributed by atoms with Gasteiger partial charge in [-0.25, -0.2) is 0 Å². The highest BCUT2D eigenvalue weighted by molar-refractivity contribution is 5.66. The number of benzene rings is 1.